The van der Waals surface area contributed by atoms with Crippen molar-refractivity contribution in [1.29, 1.82) is 0 Å². The number of allylic oxidation sites excluding steroid dienone is 3. The molecule has 0 amide bonds. The van der Waals surface area contributed by atoms with Gasteiger partial charge in [0.2, 0.25) is 5.78 Å². The van der Waals surface area contributed by atoms with E-state index >= 15 is 0 Å². The lowest BCUT2D eigenvalue weighted by atomic mass is 9.63. The minimum Gasteiger partial charge on any atom is -0.504 e. The van der Waals surface area contributed by atoms with Gasteiger partial charge >= 0.3 is 0 Å². The number of hydrogen-bond acceptors (Lipinski definition) is 2. The van der Waals surface area contributed by atoms with Crippen LogP contribution < -0.4 is 0 Å². The summed E-state index contributed by atoms with van der Waals surface area (Å²) in [5, 5.41) is 9.47. The van der Waals surface area contributed by atoms with Gasteiger partial charge in [-0.2, -0.15) is 0 Å². The van der Waals surface area contributed by atoms with E-state index in [0.717, 1.165) is 12.8 Å². The molecule has 2 aliphatic rings. The van der Waals surface area contributed by atoms with E-state index in [9.17, 15) is 9.90 Å². The molecule has 0 aliphatic heterocycles. The molecule has 1 N–H and O–H groups in total. The minimum absolute atomic E-state index is 0.0787. The maximum absolute atomic E-state index is 11.3. The lowest BCUT2D eigenvalue weighted by Gasteiger charge is -2.41. The second kappa shape index (κ2) is 2.97. The van der Waals surface area contributed by atoms with Crippen molar-refractivity contribution < 1.29 is 9.90 Å². The van der Waals surface area contributed by atoms with Gasteiger partial charge < -0.3 is 5.11 Å². The van der Waals surface area contributed by atoms with Crippen molar-refractivity contribution in [2.75, 3.05) is 0 Å². The monoisotopic (exact) mass is 192 g/mol. The molecule has 0 spiro atoms. The molecule has 2 atom stereocenters. The zero-order valence-electron chi connectivity index (χ0n) is 8.71. The third kappa shape index (κ3) is 1.21. The maximum Gasteiger partial charge on any atom is 0.219 e. The summed E-state index contributed by atoms with van der Waals surface area (Å²) in [4.78, 5) is 11.3. The van der Waals surface area contributed by atoms with Gasteiger partial charge in [-0.1, -0.05) is 19.4 Å². The van der Waals surface area contributed by atoms with E-state index < -0.39 is 0 Å². The zero-order chi connectivity index (χ0) is 10.3. The van der Waals surface area contributed by atoms with Gasteiger partial charge in [0.15, 0.2) is 5.76 Å². The number of rotatable bonds is 0. The standard InChI is InChI=1S/C12H16O2/c1-8-4-3-5-9-6-10(13)11(14)7-12(8,9)2/h6-8,14H,3-5H2,1-2H3/t8-,12+/m1/s1. The normalized spacial score (nSPS) is 37.3. The van der Waals surface area contributed by atoms with Crippen LogP contribution in [-0.2, 0) is 4.79 Å². The molecule has 0 aromatic rings. The van der Waals surface area contributed by atoms with Gasteiger partial charge in [0.25, 0.3) is 0 Å². The predicted octanol–water partition coefficient (Wildman–Crippen LogP) is 2.76. The summed E-state index contributed by atoms with van der Waals surface area (Å²) in [5.41, 5.74) is 1.11. The van der Waals surface area contributed by atoms with Gasteiger partial charge in [-0.05, 0) is 37.3 Å². The van der Waals surface area contributed by atoms with Gasteiger partial charge in [0.1, 0.15) is 0 Å². The van der Waals surface area contributed by atoms with Crippen molar-refractivity contribution in [3.63, 3.8) is 0 Å². The first-order chi connectivity index (χ1) is 6.54. The smallest absolute Gasteiger partial charge is 0.219 e. The summed E-state index contributed by atoms with van der Waals surface area (Å²) in [7, 11) is 0. The van der Waals surface area contributed by atoms with E-state index in [1.54, 1.807) is 12.2 Å². The van der Waals surface area contributed by atoms with E-state index in [2.05, 4.69) is 13.8 Å². The number of aliphatic hydroxyl groups is 1. The van der Waals surface area contributed by atoms with Crippen LogP contribution in [-0.4, -0.2) is 10.9 Å². The molecule has 76 valence electrons. The summed E-state index contributed by atoms with van der Waals surface area (Å²) in [5.74, 6) is 0.203. The van der Waals surface area contributed by atoms with Gasteiger partial charge in [-0.15, -0.1) is 0 Å². The first-order valence-electron chi connectivity index (χ1n) is 5.21. The van der Waals surface area contributed by atoms with E-state index in [0.29, 0.717) is 5.92 Å². The second-order valence-corrected chi connectivity index (χ2v) is 4.64. The topological polar surface area (TPSA) is 37.3 Å². The van der Waals surface area contributed by atoms with E-state index in [1.807, 2.05) is 0 Å². The van der Waals surface area contributed by atoms with Crippen LogP contribution in [0.4, 0.5) is 0 Å². The van der Waals surface area contributed by atoms with Crippen LogP contribution in [0.25, 0.3) is 0 Å². The van der Waals surface area contributed by atoms with Crippen LogP contribution in [0.15, 0.2) is 23.5 Å². The molecule has 2 rings (SSSR count). The molecule has 2 aliphatic carbocycles. The molecular formula is C12H16O2. The van der Waals surface area contributed by atoms with Crippen LogP contribution in [0.1, 0.15) is 33.1 Å². The van der Waals surface area contributed by atoms with Gasteiger partial charge in [-0.25, -0.2) is 0 Å². The number of aliphatic hydroxyl groups excluding tert-OH is 1. The van der Waals surface area contributed by atoms with Crippen LogP contribution in [0.5, 0.6) is 0 Å². The Kier molecular flexibility index (Phi) is 2.02. The number of hydrogen-bond donors (Lipinski definition) is 1. The first kappa shape index (κ1) is 9.50. The molecule has 1 saturated carbocycles. The number of carbonyl (C=O) groups excluding carboxylic acids is 1. The quantitative estimate of drug-likeness (QED) is 0.640. The summed E-state index contributed by atoms with van der Waals surface area (Å²) in [6.45, 7) is 4.30. The molecule has 2 nitrogen and oxygen atoms in total. The van der Waals surface area contributed by atoms with E-state index in [1.165, 1.54) is 12.0 Å². The predicted molar refractivity (Wildman–Crippen MR) is 54.9 cm³/mol. The van der Waals surface area contributed by atoms with Crippen molar-refractivity contribution in [3.8, 4) is 0 Å². The lowest BCUT2D eigenvalue weighted by Crippen LogP contribution is -2.33. The maximum atomic E-state index is 11.3. The molecule has 0 aromatic carbocycles. The zero-order valence-corrected chi connectivity index (χ0v) is 8.71. The largest absolute Gasteiger partial charge is 0.504 e. The highest BCUT2D eigenvalue weighted by Gasteiger charge is 2.39. The van der Waals surface area contributed by atoms with Crippen molar-refractivity contribution in [2.45, 2.75) is 33.1 Å². The average Bonchev–Trinajstić information content (AvgIpc) is 2.11. The third-order valence-corrected chi connectivity index (χ3v) is 3.79. The summed E-state index contributed by atoms with van der Waals surface area (Å²) in [6.07, 6.45) is 6.70. The summed E-state index contributed by atoms with van der Waals surface area (Å²) in [6, 6.07) is 0. The molecule has 14 heavy (non-hydrogen) atoms. The van der Waals surface area contributed by atoms with E-state index in [4.69, 9.17) is 0 Å². The van der Waals surface area contributed by atoms with Crippen LogP contribution in [0.2, 0.25) is 0 Å². The third-order valence-electron chi connectivity index (χ3n) is 3.79. The van der Waals surface area contributed by atoms with E-state index in [-0.39, 0.29) is 17.0 Å². The molecule has 0 bridgehead atoms. The summed E-state index contributed by atoms with van der Waals surface area (Å²) < 4.78 is 0. The Hall–Kier alpha value is -1.05. The average molecular weight is 192 g/mol. The minimum atomic E-state index is -0.230. The Morgan fingerprint density at radius 1 is 1.57 bits per heavy atom. The Labute approximate surface area is 84.3 Å². The molecule has 0 unspecified atom stereocenters. The van der Waals surface area contributed by atoms with Crippen molar-refractivity contribution in [1.82, 2.24) is 0 Å². The Bertz CT molecular complexity index is 338. The number of carbonyl (C=O) groups is 1. The Morgan fingerprint density at radius 2 is 2.29 bits per heavy atom. The van der Waals surface area contributed by atoms with Crippen molar-refractivity contribution in [2.24, 2.45) is 11.3 Å². The number of ketones is 1. The van der Waals surface area contributed by atoms with Gasteiger partial charge in [-0.3, -0.25) is 4.79 Å². The molecule has 0 aromatic heterocycles. The van der Waals surface area contributed by atoms with Crippen molar-refractivity contribution >= 4 is 5.78 Å². The highest BCUT2D eigenvalue weighted by molar-refractivity contribution is 6.03. The Morgan fingerprint density at radius 3 is 3.00 bits per heavy atom. The van der Waals surface area contributed by atoms with Gasteiger partial charge in [0, 0.05) is 5.41 Å². The molecule has 2 heteroatoms. The highest BCUT2D eigenvalue weighted by Crippen LogP contribution is 2.48. The molecule has 0 radical (unpaired) electrons. The fourth-order valence-electron chi connectivity index (χ4n) is 2.53. The Balaban J connectivity index is 2.44. The van der Waals surface area contributed by atoms with Crippen LogP contribution in [0.3, 0.4) is 0 Å². The van der Waals surface area contributed by atoms with Crippen LogP contribution >= 0.6 is 0 Å². The fraction of sp³-hybridized carbons (Fsp3) is 0.583. The van der Waals surface area contributed by atoms with Crippen LogP contribution in [0, 0.1) is 11.3 Å². The number of fused-ring (bicyclic) bond motifs is 1. The first-order valence-corrected chi connectivity index (χ1v) is 5.21. The van der Waals surface area contributed by atoms with Gasteiger partial charge in [0.05, 0.1) is 0 Å². The summed E-state index contributed by atoms with van der Waals surface area (Å²) >= 11 is 0. The second-order valence-electron chi connectivity index (χ2n) is 4.64. The van der Waals surface area contributed by atoms with Crippen molar-refractivity contribution in [3.05, 3.63) is 23.5 Å². The fourth-order valence-corrected chi connectivity index (χ4v) is 2.53. The lowest BCUT2D eigenvalue weighted by molar-refractivity contribution is -0.114. The molecule has 0 heterocycles. The SMILES string of the molecule is C[C@@H]1CCCC2=CC(=O)C(O)=C[C@]21C. The molecule has 1 fully saturated rings. The highest BCUT2D eigenvalue weighted by atomic mass is 16.3. The molecule has 0 saturated heterocycles. The molecular weight excluding hydrogens is 176 g/mol.